The molecular formula is C21H34N4O2. The summed E-state index contributed by atoms with van der Waals surface area (Å²) in [4.78, 5) is 12.3. The van der Waals surface area contributed by atoms with Crippen LogP contribution in [0.3, 0.4) is 0 Å². The first-order valence-corrected chi connectivity index (χ1v) is 10.2. The zero-order valence-electron chi connectivity index (χ0n) is 17.7. The monoisotopic (exact) mass is 374 g/mol. The van der Waals surface area contributed by atoms with Crippen LogP contribution in [-0.4, -0.2) is 32.1 Å². The van der Waals surface area contributed by atoms with Gasteiger partial charge in [0.15, 0.2) is 0 Å². The molecule has 0 radical (unpaired) electrons. The van der Waals surface area contributed by atoms with Crippen LogP contribution in [-0.2, 0) is 24.2 Å². The molecule has 0 aromatic carbocycles. The van der Waals surface area contributed by atoms with Crippen molar-refractivity contribution in [3.63, 3.8) is 0 Å². The van der Waals surface area contributed by atoms with Gasteiger partial charge in [0.1, 0.15) is 5.69 Å². The summed E-state index contributed by atoms with van der Waals surface area (Å²) in [6, 6.07) is 2.18. The van der Waals surface area contributed by atoms with E-state index in [0.717, 1.165) is 49.2 Å². The highest BCUT2D eigenvalue weighted by molar-refractivity contribution is 5.89. The lowest BCUT2D eigenvalue weighted by atomic mass is 10.0. The summed E-state index contributed by atoms with van der Waals surface area (Å²) >= 11 is 0. The zero-order valence-corrected chi connectivity index (χ0v) is 17.7. The molecule has 0 N–H and O–H groups in total. The van der Waals surface area contributed by atoms with Gasteiger partial charge in [0, 0.05) is 24.3 Å². The maximum atomic E-state index is 12.3. The lowest BCUT2D eigenvalue weighted by Gasteiger charge is -2.10. The van der Waals surface area contributed by atoms with E-state index in [9.17, 15) is 4.79 Å². The summed E-state index contributed by atoms with van der Waals surface area (Å²) in [5.74, 6) is 0.226. The average molecular weight is 375 g/mol. The molecule has 2 aromatic rings. The van der Waals surface area contributed by atoms with Crippen LogP contribution in [0.15, 0.2) is 6.07 Å². The second-order valence-electron chi connectivity index (χ2n) is 7.35. The van der Waals surface area contributed by atoms with E-state index in [1.54, 1.807) is 4.68 Å². The molecule has 0 amide bonds. The molecule has 2 aromatic heterocycles. The third-order valence-electron chi connectivity index (χ3n) is 4.84. The van der Waals surface area contributed by atoms with Crippen LogP contribution in [0.25, 0.3) is 0 Å². The van der Waals surface area contributed by atoms with Crippen molar-refractivity contribution in [3.05, 3.63) is 34.4 Å². The number of ether oxygens (including phenoxy) is 1. The van der Waals surface area contributed by atoms with Crippen LogP contribution in [0.4, 0.5) is 0 Å². The van der Waals surface area contributed by atoms with Gasteiger partial charge in [-0.25, -0.2) is 4.79 Å². The number of hydrogen-bond donors (Lipinski definition) is 0. The molecule has 0 saturated heterocycles. The van der Waals surface area contributed by atoms with Crippen LogP contribution in [0.1, 0.15) is 86.0 Å². The van der Waals surface area contributed by atoms with E-state index in [0.29, 0.717) is 24.8 Å². The fourth-order valence-corrected chi connectivity index (χ4v) is 3.52. The molecule has 6 heteroatoms. The second-order valence-corrected chi connectivity index (χ2v) is 7.35. The number of hydrogen-bond acceptors (Lipinski definition) is 4. The molecule has 27 heavy (non-hydrogen) atoms. The zero-order chi connectivity index (χ0) is 20.0. The highest BCUT2D eigenvalue weighted by atomic mass is 16.5. The Morgan fingerprint density at radius 3 is 2.48 bits per heavy atom. The molecule has 150 valence electrons. The highest BCUT2D eigenvalue weighted by Gasteiger charge is 2.21. The van der Waals surface area contributed by atoms with Gasteiger partial charge in [-0.1, -0.05) is 20.3 Å². The van der Waals surface area contributed by atoms with E-state index < -0.39 is 0 Å². The van der Waals surface area contributed by atoms with Gasteiger partial charge < -0.3 is 4.74 Å². The molecule has 0 aliphatic heterocycles. The molecule has 0 atom stereocenters. The number of nitrogens with zero attached hydrogens (tertiary/aromatic N) is 4. The van der Waals surface area contributed by atoms with Crippen molar-refractivity contribution in [2.45, 2.75) is 86.2 Å². The molecule has 0 saturated carbocycles. The summed E-state index contributed by atoms with van der Waals surface area (Å²) in [6.45, 7) is 14.3. The van der Waals surface area contributed by atoms with Gasteiger partial charge in [0.05, 0.1) is 18.0 Å². The van der Waals surface area contributed by atoms with E-state index in [-0.39, 0.29) is 5.97 Å². The minimum absolute atomic E-state index is 0.261. The average Bonchev–Trinajstić information content (AvgIpc) is 3.14. The van der Waals surface area contributed by atoms with Gasteiger partial charge in [-0.3, -0.25) is 9.36 Å². The molecule has 0 bridgehead atoms. The van der Waals surface area contributed by atoms with E-state index in [2.05, 4.69) is 34.8 Å². The van der Waals surface area contributed by atoms with Gasteiger partial charge in [-0.15, -0.1) is 0 Å². The largest absolute Gasteiger partial charge is 0.461 e. The third-order valence-corrected chi connectivity index (χ3v) is 4.84. The first-order chi connectivity index (χ1) is 12.9. The van der Waals surface area contributed by atoms with Crippen LogP contribution >= 0.6 is 0 Å². The predicted octanol–water partition coefficient (Wildman–Crippen LogP) is 4.43. The quantitative estimate of drug-likeness (QED) is 0.456. The molecule has 0 aliphatic rings. The van der Waals surface area contributed by atoms with Crippen LogP contribution < -0.4 is 0 Å². The van der Waals surface area contributed by atoms with E-state index in [1.165, 1.54) is 5.69 Å². The minimum Gasteiger partial charge on any atom is -0.461 e. The number of unbranched alkanes of at least 4 members (excludes halogenated alkanes) is 2. The summed E-state index contributed by atoms with van der Waals surface area (Å²) in [6.07, 6.45) is 4.06. The molecule has 0 spiro atoms. The lowest BCUT2D eigenvalue weighted by molar-refractivity contribution is 0.0510. The number of carbonyl (C=O) groups excluding carboxylic acids is 1. The van der Waals surface area contributed by atoms with Gasteiger partial charge in [-0.05, 0) is 58.9 Å². The van der Waals surface area contributed by atoms with E-state index >= 15 is 0 Å². The maximum Gasteiger partial charge on any atom is 0.356 e. The second kappa shape index (κ2) is 9.72. The van der Waals surface area contributed by atoms with Gasteiger partial charge in [0.2, 0.25) is 0 Å². The van der Waals surface area contributed by atoms with Crippen molar-refractivity contribution in [2.24, 2.45) is 0 Å². The standard InChI is InChI=1S/C21H34N4O2/c1-7-24-20(21(26)27-8-2)18(17(6)23-24)12-10-9-11-13-25-19(15(3)4)14-16(5)22-25/h14-15H,7-13H2,1-6H3. The Balaban J connectivity index is 1.94. The molecule has 0 aliphatic carbocycles. The molecule has 6 nitrogen and oxygen atoms in total. The Kier molecular flexibility index (Phi) is 7.63. The summed E-state index contributed by atoms with van der Waals surface area (Å²) in [5.41, 5.74) is 4.98. The Hall–Kier alpha value is -2.11. The highest BCUT2D eigenvalue weighted by Crippen LogP contribution is 2.20. The molecule has 0 unspecified atom stereocenters. The van der Waals surface area contributed by atoms with Crippen LogP contribution in [0.2, 0.25) is 0 Å². The van der Waals surface area contributed by atoms with E-state index in [1.807, 2.05) is 27.7 Å². The van der Waals surface area contributed by atoms with Crippen molar-refractivity contribution in [3.8, 4) is 0 Å². The molecule has 2 heterocycles. The minimum atomic E-state index is -0.261. The number of carbonyl (C=O) groups is 1. The van der Waals surface area contributed by atoms with Crippen LogP contribution in [0.5, 0.6) is 0 Å². The summed E-state index contributed by atoms with van der Waals surface area (Å²) in [5, 5.41) is 9.13. The van der Waals surface area contributed by atoms with Crippen molar-refractivity contribution in [1.82, 2.24) is 19.6 Å². The summed E-state index contributed by atoms with van der Waals surface area (Å²) in [7, 11) is 0. The molecule has 0 fully saturated rings. The van der Waals surface area contributed by atoms with Crippen LogP contribution in [0, 0.1) is 13.8 Å². The molecule has 2 rings (SSSR count). The van der Waals surface area contributed by atoms with Gasteiger partial charge in [0.25, 0.3) is 0 Å². The third kappa shape index (κ3) is 5.21. The molecular weight excluding hydrogens is 340 g/mol. The van der Waals surface area contributed by atoms with Gasteiger partial charge in [-0.2, -0.15) is 10.2 Å². The van der Waals surface area contributed by atoms with Crippen molar-refractivity contribution >= 4 is 5.97 Å². The topological polar surface area (TPSA) is 61.9 Å². The fraction of sp³-hybridized carbons (Fsp3) is 0.667. The number of aryl methyl sites for hydroxylation is 4. The van der Waals surface area contributed by atoms with Gasteiger partial charge >= 0.3 is 5.97 Å². The first-order valence-electron chi connectivity index (χ1n) is 10.2. The Morgan fingerprint density at radius 1 is 1.11 bits per heavy atom. The number of rotatable bonds is 10. The number of esters is 1. The number of aromatic nitrogens is 4. The SMILES string of the molecule is CCOC(=O)c1c(CCCCCn2nc(C)cc2C(C)C)c(C)nn1CC. The Labute approximate surface area is 162 Å². The Morgan fingerprint density at radius 2 is 1.85 bits per heavy atom. The maximum absolute atomic E-state index is 12.3. The normalized spacial score (nSPS) is 11.4. The predicted molar refractivity (Wildman–Crippen MR) is 107 cm³/mol. The fourth-order valence-electron chi connectivity index (χ4n) is 3.52. The van der Waals surface area contributed by atoms with Crippen molar-refractivity contribution in [2.75, 3.05) is 6.61 Å². The smallest absolute Gasteiger partial charge is 0.356 e. The van der Waals surface area contributed by atoms with E-state index in [4.69, 9.17) is 4.74 Å². The Bertz CT molecular complexity index is 759. The lowest BCUT2D eigenvalue weighted by Crippen LogP contribution is -2.14. The van der Waals surface area contributed by atoms with Crippen molar-refractivity contribution in [1.29, 1.82) is 0 Å². The summed E-state index contributed by atoms with van der Waals surface area (Å²) < 4.78 is 9.15. The van der Waals surface area contributed by atoms with Crippen molar-refractivity contribution < 1.29 is 9.53 Å². The first kappa shape index (κ1) is 21.2.